The molecule has 20 heavy (non-hydrogen) atoms. The monoisotopic (exact) mass is 339 g/mol. The van der Waals surface area contributed by atoms with Gasteiger partial charge in [0.2, 0.25) is 0 Å². The van der Waals surface area contributed by atoms with Gasteiger partial charge in [0.05, 0.1) is 26.0 Å². The van der Waals surface area contributed by atoms with E-state index in [2.05, 4.69) is 26.3 Å². The highest BCUT2D eigenvalue weighted by molar-refractivity contribution is 9.10. The van der Waals surface area contributed by atoms with Crippen molar-refractivity contribution in [2.24, 2.45) is 7.05 Å². The van der Waals surface area contributed by atoms with Gasteiger partial charge in [-0.25, -0.2) is 0 Å². The minimum atomic E-state index is -0.127. The standard InChI is InChI=1S/C14H18BrN3O2/c1-18-8-11(7-17-18)14(9-19)16-6-10-3-4-12(20-2)5-13(10)15/h3-5,7-8,14,16,19H,6,9H2,1-2H3. The van der Waals surface area contributed by atoms with Crippen LogP contribution in [0.4, 0.5) is 0 Å². The molecule has 0 saturated carbocycles. The zero-order valence-electron chi connectivity index (χ0n) is 11.5. The number of aliphatic hydroxyl groups excluding tert-OH is 1. The number of methoxy groups -OCH3 is 1. The molecule has 0 aliphatic rings. The summed E-state index contributed by atoms with van der Waals surface area (Å²) in [6.45, 7) is 0.671. The van der Waals surface area contributed by atoms with Gasteiger partial charge in [-0.05, 0) is 17.7 Å². The first-order valence-corrected chi connectivity index (χ1v) is 7.08. The lowest BCUT2D eigenvalue weighted by atomic mass is 10.1. The van der Waals surface area contributed by atoms with Crippen LogP contribution in [0.3, 0.4) is 0 Å². The topological polar surface area (TPSA) is 59.3 Å². The third kappa shape index (κ3) is 3.59. The number of halogens is 1. The quantitative estimate of drug-likeness (QED) is 0.845. The van der Waals surface area contributed by atoms with Crippen LogP contribution in [0.5, 0.6) is 5.75 Å². The van der Waals surface area contributed by atoms with Crippen molar-refractivity contribution in [2.45, 2.75) is 12.6 Å². The Morgan fingerprint density at radius 2 is 2.30 bits per heavy atom. The number of nitrogens with one attached hydrogen (secondary N) is 1. The van der Waals surface area contributed by atoms with E-state index in [9.17, 15) is 5.11 Å². The van der Waals surface area contributed by atoms with Crippen LogP contribution in [0, 0.1) is 0 Å². The van der Waals surface area contributed by atoms with E-state index in [-0.39, 0.29) is 12.6 Å². The van der Waals surface area contributed by atoms with Crippen molar-refractivity contribution in [3.05, 3.63) is 46.2 Å². The molecular weight excluding hydrogens is 322 g/mol. The first kappa shape index (κ1) is 15.0. The fraction of sp³-hybridized carbons (Fsp3) is 0.357. The summed E-state index contributed by atoms with van der Waals surface area (Å²) in [6, 6.07) is 5.71. The summed E-state index contributed by atoms with van der Waals surface area (Å²) in [5, 5.41) is 16.9. The Morgan fingerprint density at radius 3 is 2.85 bits per heavy atom. The third-order valence-electron chi connectivity index (χ3n) is 3.11. The number of hydrogen-bond donors (Lipinski definition) is 2. The summed E-state index contributed by atoms with van der Waals surface area (Å²) < 4.78 is 7.87. The zero-order valence-corrected chi connectivity index (χ0v) is 13.1. The van der Waals surface area contributed by atoms with Crippen molar-refractivity contribution >= 4 is 15.9 Å². The van der Waals surface area contributed by atoms with Crippen molar-refractivity contribution in [3.8, 4) is 5.75 Å². The van der Waals surface area contributed by atoms with E-state index in [4.69, 9.17) is 4.74 Å². The molecular formula is C14H18BrN3O2. The second-order valence-corrected chi connectivity index (χ2v) is 5.38. The Hall–Kier alpha value is -1.37. The molecule has 0 amide bonds. The minimum Gasteiger partial charge on any atom is -0.497 e. The maximum Gasteiger partial charge on any atom is 0.120 e. The van der Waals surface area contributed by atoms with Gasteiger partial charge in [-0.15, -0.1) is 0 Å². The largest absolute Gasteiger partial charge is 0.497 e. The summed E-state index contributed by atoms with van der Waals surface area (Å²) in [5.41, 5.74) is 2.08. The van der Waals surface area contributed by atoms with E-state index in [0.29, 0.717) is 6.54 Å². The number of rotatable bonds is 6. The molecule has 2 rings (SSSR count). The van der Waals surface area contributed by atoms with E-state index < -0.39 is 0 Å². The van der Waals surface area contributed by atoms with Crippen LogP contribution in [0.2, 0.25) is 0 Å². The Balaban J connectivity index is 2.03. The van der Waals surface area contributed by atoms with Gasteiger partial charge in [0.15, 0.2) is 0 Å². The first-order chi connectivity index (χ1) is 9.63. The zero-order chi connectivity index (χ0) is 14.5. The lowest BCUT2D eigenvalue weighted by Gasteiger charge is -2.15. The van der Waals surface area contributed by atoms with Gasteiger partial charge in [0.25, 0.3) is 0 Å². The summed E-state index contributed by atoms with van der Waals surface area (Å²) in [7, 11) is 3.50. The van der Waals surface area contributed by atoms with Gasteiger partial charge >= 0.3 is 0 Å². The van der Waals surface area contributed by atoms with E-state index in [1.807, 2.05) is 31.4 Å². The van der Waals surface area contributed by atoms with Crippen molar-refractivity contribution in [1.82, 2.24) is 15.1 Å². The Kier molecular flexibility index (Phi) is 5.17. The summed E-state index contributed by atoms with van der Waals surface area (Å²) in [4.78, 5) is 0. The summed E-state index contributed by atoms with van der Waals surface area (Å²) >= 11 is 3.52. The lowest BCUT2D eigenvalue weighted by molar-refractivity contribution is 0.243. The van der Waals surface area contributed by atoms with Crippen molar-refractivity contribution in [1.29, 1.82) is 0 Å². The van der Waals surface area contributed by atoms with Crippen LogP contribution in [-0.2, 0) is 13.6 Å². The van der Waals surface area contributed by atoms with E-state index in [0.717, 1.165) is 21.3 Å². The van der Waals surface area contributed by atoms with Gasteiger partial charge in [-0.2, -0.15) is 5.10 Å². The van der Waals surface area contributed by atoms with Crippen molar-refractivity contribution in [3.63, 3.8) is 0 Å². The van der Waals surface area contributed by atoms with E-state index in [1.165, 1.54) is 0 Å². The predicted octanol–water partition coefficient (Wildman–Crippen LogP) is 2.01. The second-order valence-electron chi connectivity index (χ2n) is 4.52. The number of aryl methyl sites for hydroxylation is 1. The SMILES string of the molecule is COc1ccc(CNC(CO)c2cnn(C)c2)c(Br)c1. The number of hydrogen-bond acceptors (Lipinski definition) is 4. The highest BCUT2D eigenvalue weighted by atomic mass is 79.9. The van der Waals surface area contributed by atoms with Gasteiger partial charge in [0.1, 0.15) is 5.75 Å². The maximum atomic E-state index is 9.49. The van der Waals surface area contributed by atoms with Crippen molar-refractivity contribution < 1.29 is 9.84 Å². The maximum absolute atomic E-state index is 9.49. The Bertz CT molecular complexity index is 571. The normalized spacial score (nSPS) is 12.4. The number of aliphatic hydroxyl groups is 1. The average molecular weight is 340 g/mol. The van der Waals surface area contributed by atoms with Gasteiger partial charge in [-0.1, -0.05) is 22.0 Å². The number of aromatic nitrogens is 2. The van der Waals surface area contributed by atoms with E-state index in [1.54, 1.807) is 18.0 Å². The Labute approximate surface area is 126 Å². The fourth-order valence-electron chi connectivity index (χ4n) is 1.94. The molecule has 0 bridgehead atoms. The highest BCUT2D eigenvalue weighted by Crippen LogP contribution is 2.23. The summed E-state index contributed by atoms with van der Waals surface area (Å²) in [6.07, 6.45) is 3.66. The van der Waals surface area contributed by atoms with Crippen LogP contribution < -0.4 is 10.1 Å². The molecule has 6 heteroatoms. The predicted molar refractivity (Wildman–Crippen MR) is 80.6 cm³/mol. The van der Waals surface area contributed by atoms with Gasteiger partial charge in [-0.3, -0.25) is 4.68 Å². The lowest BCUT2D eigenvalue weighted by Crippen LogP contribution is -2.23. The van der Waals surface area contributed by atoms with Gasteiger partial charge in [0, 0.05) is 29.8 Å². The van der Waals surface area contributed by atoms with Crippen LogP contribution in [0.25, 0.3) is 0 Å². The van der Waals surface area contributed by atoms with Crippen LogP contribution >= 0.6 is 15.9 Å². The average Bonchev–Trinajstić information content (AvgIpc) is 2.87. The molecule has 5 nitrogen and oxygen atoms in total. The number of ether oxygens (including phenoxy) is 1. The highest BCUT2D eigenvalue weighted by Gasteiger charge is 2.12. The molecule has 0 aliphatic heterocycles. The van der Waals surface area contributed by atoms with E-state index >= 15 is 0 Å². The van der Waals surface area contributed by atoms with Gasteiger partial charge < -0.3 is 15.2 Å². The first-order valence-electron chi connectivity index (χ1n) is 6.29. The van der Waals surface area contributed by atoms with Crippen molar-refractivity contribution in [2.75, 3.05) is 13.7 Å². The molecule has 0 spiro atoms. The molecule has 0 aliphatic carbocycles. The molecule has 1 aromatic heterocycles. The molecule has 0 radical (unpaired) electrons. The molecule has 1 unspecified atom stereocenters. The second kappa shape index (κ2) is 6.88. The number of benzene rings is 1. The molecule has 1 aromatic carbocycles. The molecule has 1 atom stereocenters. The summed E-state index contributed by atoms with van der Waals surface area (Å²) in [5.74, 6) is 0.812. The molecule has 108 valence electrons. The Morgan fingerprint density at radius 1 is 1.50 bits per heavy atom. The molecule has 0 fully saturated rings. The number of nitrogens with zero attached hydrogens (tertiary/aromatic N) is 2. The molecule has 2 aromatic rings. The smallest absolute Gasteiger partial charge is 0.120 e. The molecule has 1 heterocycles. The van der Waals surface area contributed by atoms with Crippen LogP contribution in [0.1, 0.15) is 17.2 Å². The van der Waals surface area contributed by atoms with Crippen LogP contribution in [0.15, 0.2) is 35.1 Å². The minimum absolute atomic E-state index is 0.0272. The molecule has 0 saturated heterocycles. The third-order valence-corrected chi connectivity index (χ3v) is 3.85. The fourth-order valence-corrected chi connectivity index (χ4v) is 2.44. The molecule has 2 N–H and O–H groups in total. The van der Waals surface area contributed by atoms with Crippen LogP contribution in [-0.4, -0.2) is 28.6 Å².